The van der Waals surface area contributed by atoms with Crippen molar-refractivity contribution in [1.82, 2.24) is 80.1 Å². The van der Waals surface area contributed by atoms with Gasteiger partial charge in [-0.3, -0.25) is 19.7 Å². The van der Waals surface area contributed by atoms with Crippen LogP contribution >= 0.6 is 12.4 Å². The number of hydrogen-bond acceptors (Lipinski definition) is 25. The lowest BCUT2D eigenvalue weighted by Gasteiger charge is -2.17. The van der Waals surface area contributed by atoms with Crippen molar-refractivity contribution in [1.29, 1.82) is 0 Å². The second kappa shape index (κ2) is 35.3. The molecule has 15 rings (SSSR count). The van der Waals surface area contributed by atoms with E-state index >= 15 is 4.39 Å². The van der Waals surface area contributed by atoms with Crippen molar-refractivity contribution in [3.63, 3.8) is 0 Å². The Kier molecular flexibility index (Phi) is 25.6. The van der Waals surface area contributed by atoms with Gasteiger partial charge in [0, 0.05) is 99.9 Å². The number of Topliss-reactive ketones (excluding diaryl/α,β-unsaturated/α-hetero) is 1. The topological polar surface area (TPSA) is 410 Å². The first-order valence-corrected chi connectivity index (χ1v) is 35.9. The van der Waals surface area contributed by atoms with E-state index in [0.717, 1.165) is 27.8 Å². The number of carbonyl (C=O) groups excluding carboxylic acids is 2. The molecular formula is C81H83ClF3N17O11. The van der Waals surface area contributed by atoms with Crippen LogP contribution < -0.4 is 5.73 Å². The number of aryl methyl sites for hydroxylation is 2. The van der Waals surface area contributed by atoms with Crippen LogP contribution in [0.15, 0.2) is 155 Å². The van der Waals surface area contributed by atoms with Gasteiger partial charge < -0.3 is 64.4 Å². The van der Waals surface area contributed by atoms with Crippen molar-refractivity contribution in [3.05, 3.63) is 221 Å². The van der Waals surface area contributed by atoms with E-state index in [1.165, 1.54) is 24.5 Å². The molecule has 11 aromatic heterocycles. The summed E-state index contributed by atoms with van der Waals surface area (Å²) >= 11 is 0. The summed E-state index contributed by atoms with van der Waals surface area (Å²) in [7, 11) is 0. The maximum absolute atomic E-state index is 15.1. The Bertz CT molecular complexity index is 5650. The maximum Gasteiger partial charge on any atom is 0.379 e. The van der Waals surface area contributed by atoms with E-state index in [1.807, 2.05) is 98.7 Å². The average Bonchev–Trinajstić information content (AvgIpc) is 1.66. The predicted molar refractivity (Wildman–Crippen MR) is 415 cm³/mol. The van der Waals surface area contributed by atoms with E-state index in [9.17, 15) is 28.6 Å². The number of benzene rings is 3. The third-order valence-electron chi connectivity index (χ3n) is 17.9. The molecule has 1 fully saturated rings. The van der Waals surface area contributed by atoms with E-state index < -0.39 is 36.4 Å². The number of ketones is 1. The van der Waals surface area contributed by atoms with Gasteiger partial charge in [-0.1, -0.05) is 108 Å². The predicted octanol–water partition coefficient (Wildman–Crippen LogP) is 13.8. The number of aromatic nitrogens is 16. The average molecular weight is 1560 g/mol. The Morgan fingerprint density at radius 2 is 0.991 bits per heavy atom. The Hall–Kier alpha value is -11.8. The molecule has 28 nitrogen and oxygen atoms in total. The second-order valence-corrected chi connectivity index (χ2v) is 28.5. The number of aliphatic hydroxyl groups is 4. The van der Waals surface area contributed by atoms with Gasteiger partial charge in [-0.25, -0.2) is 47.9 Å². The van der Waals surface area contributed by atoms with Gasteiger partial charge in [-0.15, -0.1) is 12.4 Å². The molecule has 12 heterocycles. The highest BCUT2D eigenvalue weighted by molar-refractivity contribution is 5.94. The smallest absolute Gasteiger partial charge is 0.379 e. The minimum Gasteiger partial charge on any atom is -0.460 e. The Morgan fingerprint density at radius 1 is 0.566 bits per heavy atom. The van der Waals surface area contributed by atoms with Crippen LogP contribution in [0.5, 0.6) is 0 Å². The number of hydrogen-bond donors (Lipinski definition) is 8. The second-order valence-electron chi connectivity index (χ2n) is 28.5. The molecule has 32 heteroatoms. The summed E-state index contributed by atoms with van der Waals surface area (Å²) in [6, 6.07) is 31.1. The standard InChI is InChI=1S/C28H27FN6O4.C24H23FN4O2.C20H18FN5O2.C9H14N2O3.ClH/c1-28(2,3)27-34-25(35-39-27)21(37)9-7-15-4-5-16(12-19(15)29)18-10-11-30-26-23(18)32-24(33-26)20-8-6-17(13-31-20)22(38)14-36;1-4-14-5-6-15(11-18(14)25)17-9-10-26-23-21(17)28-22(29-23)19-8-7-16(12-27-19)20-13-30-24(2,3)31-20;21-15-7-11(1-2-12(15)8-22)14-5-6-23-20-18(14)25-19(26-20)16-4-3-13(9-24-16)17(28)10-27;1-5-13-7(12)6-10-8(14-11-6)9(2,3)4;/h4-6,8,10-13,22,36,38H,7,9,14H2,1-3H3,(H,30,32,33);5-12,20H,4,13H2,1-3H3,(H,26,28,29);1-7,9,17,27-28H,8,10,22H2,(H,23,25,26);5H2,1-4H3;1H. The van der Waals surface area contributed by atoms with Crippen LogP contribution in [0.4, 0.5) is 13.2 Å². The molecule has 0 bridgehead atoms. The summed E-state index contributed by atoms with van der Waals surface area (Å²) < 4.78 is 70.0. The maximum atomic E-state index is 15.1. The zero-order valence-electron chi connectivity index (χ0n) is 63.3. The number of nitrogens with zero attached hydrogens (tertiary/aromatic N) is 13. The molecule has 3 unspecified atom stereocenters. The number of rotatable bonds is 19. The molecule has 586 valence electrons. The highest BCUT2D eigenvalue weighted by atomic mass is 35.5. The lowest BCUT2D eigenvalue weighted by molar-refractivity contribution is -0.139. The fraction of sp³-hybridized carbons (Fsp3) is 0.296. The first kappa shape index (κ1) is 82.2. The number of ether oxygens (including phenoxy) is 3. The van der Waals surface area contributed by atoms with Crippen molar-refractivity contribution < 1.29 is 66.4 Å². The SMILES string of the molecule is CC(C)(C)c1nc(C(=O)CCc2ccc(-c3ccnc4nc(-c5ccc(C(O)CO)cn5)[nH]c34)cc2F)no1.CCOC(=O)c1noc(C(C)(C)C)n1.CCc1ccc(-c2ccnc3nc(-c4ccc(C5COC(C)(C)O5)cn4)[nH]c23)cc1F.Cl.NCc1ccc(-c2ccnc3nc(-c4ccc(C(O)CO)cn4)[nH]c23)cc1F. The Balaban J connectivity index is 0.000000155. The van der Waals surface area contributed by atoms with Gasteiger partial charge in [0.1, 0.15) is 52.8 Å². The zero-order valence-corrected chi connectivity index (χ0v) is 64.1. The number of aliphatic hydroxyl groups excluding tert-OH is 4. The van der Waals surface area contributed by atoms with Crippen LogP contribution in [0.2, 0.25) is 0 Å². The number of nitrogens with one attached hydrogen (secondary N) is 3. The minimum atomic E-state index is -1.01. The van der Waals surface area contributed by atoms with E-state index in [4.69, 9.17) is 39.2 Å². The molecule has 113 heavy (non-hydrogen) atoms. The van der Waals surface area contributed by atoms with Crippen LogP contribution in [0.3, 0.4) is 0 Å². The molecular weight excluding hydrogens is 1480 g/mol. The van der Waals surface area contributed by atoms with Gasteiger partial charge in [0.25, 0.3) is 5.82 Å². The van der Waals surface area contributed by atoms with Gasteiger partial charge in [0.2, 0.25) is 23.4 Å². The van der Waals surface area contributed by atoms with Crippen LogP contribution in [0, 0.1) is 17.5 Å². The molecule has 0 saturated carbocycles. The normalized spacial score (nSPS) is 13.8. The van der Waals surface area contributed by atoms with E-state index in [1.54, 1.807) is 92.4 Å². The summed E-state index contributed by atoms with van der Waals surface area (Å²) in [5.74, 6) is -0.0909. The van der Waals surface area contributed by atoms with Crippen molar-refractivity contribution in [2.75, 3.05) is 26.4 Å². The first-order chi connectivity index (χ1) is 53.6. The highest BCUT2D eigenvalue weighted by Crippen LogP contribution is 2.37. The van der Waals surface area contributed by atoms with E-state index in [2.05, 4.69) is 80.1 Å². The van der Waals surface area contributed by atoms with Crippen LogP contribution in [0.25, 0.3) is 101 Å². The van der Waals surface area contributed by atoms with Gasteiger partial charge in [-0.2, -0.15) is 9.97 Å². The fourth-order valence-corrected chi connectivity index (χ4v) is 11.7. The van der Waals surface area contributed by atoms with Crippen molar-refractivity contribution in [2.24, 2.45) is 5.73 Å². The van der Waals surface area contributed by atoms with Gasteiger partial charge >= 0.3 is 5.97 Å². The number of halogens is 4. The van der Waals surface area contributed by atoms with Crippen LogP contribution in [-0.2, 0) is 44.4 Å². The molecule has 0 spiro atoms. The van der Waals surface area contributed by atoms with Crippen molar-refractivity contribution in [2.45, 2.75) is 130 Å². The Morgan fingerprint density at radius 3 is 1.35 bits per heavy atom. The molecule has 3 atom stereocenters. The minimum absolute atomic E-state index is 0. The summed E-state index contributed by atoms with van der Waals surface area (Å²) in [4.78, 5) is 81.2. The number of nitrogens with two attached hydrogens (primary N) is 1. The largest absolute Gasteiger partial charge is 0.460 e. The molecule has 3 aromatic carbocycles. The third kappa shape index (κ3) is 19.2. The number of imidazole rings is 3. The number of pyridine rings is 6. The number of esters is 1. The van der Waals surface area contributed by atoms with E-state index in [-0.39, 0.29) is 84.4 Å². The van der Waals surface area contributed by atoms with Crippen molar-refractivity contribution >= 4 is 57.7 Å². The van der Waals surface area contributed by atoms with Gasteiger partial charge in [0.05, 0.1) is 43.0 Å². The summed E-state index contributed by atoms with van der Waals surface area (Å²) in [6.45, 7) is 19.1. The van der Waals surface area contributed by atoms with Crippen LogP contribution in [0.1, 0.15) is 160 Å². The number of carbonyl (C=O) groups is 2. The molecule has 9 N–H and O–H groups in total. The molecule has 0 radical (unpaired) electrons. The molecule has 14 aromatic rings. The van der Waals surface area contributed by atoms with Crippen LogP contribution in [-0.4, -0.2) is 144 Å². The quantitative estimate of drug-likeness (QED) is 0.0275. The molecule has 0 aliphatic carbocycles. The number of H-pyrrole nitrogens is 3. The number of aromatic amines is 3. The van der Waals surface area contributed by atoms with Crippen molar-refractivity contribution in [3.8, 4) is 67.9 Å². The summed E-state index contributed by atoms with van der Waals surface area (Å²) in [6.07, 6.45) is 8.41. The molecule has 0 amide bonds. The summed E-state index contributed by atoms with van der Waals surface area (Å²) in [5.41, 5.74) is 18.1. The fourth-order valence-electron chi connectivity index (χ4n) is 11.7. The zero-order chi connectivity index (χ0) is 79.8. The molecule has 1 aliphatic rings. The van der Waals surface area contributed by atoms with Gasteiger partial charge in [-0.05, 0) is 121 Å². The summed E-state index contributed by atoms with van der Waals surface area (Å²) in [5, 5.41) is 44.9. The highest BCUT2D eigenvalue weighted by Gasteiger charge is 2.34. The third-order valence-corrected chi connectivity index (χ3v) is 17.9. The lowest BCUT2D eigenvalue weighted by Crippen LogP contribution is -2.19. The van der Waals surface area contributed by atoms with E-state index in [0.29, 0.717) is 138 Å². The Labute approximate surface area is 651 Å². The number of fused-ring (bicyclic) bond motifs is 3. The first-order valence-electron chi connectivity index (χ1n) is 35.9. The monoisotopic (exact) mass is 1560 g/mol. The molecule has 1 aliphatic heterocycles. The lowest BCUT2D eigenvalue weighted by atomic mass is 9.97. The molecule has 1 saturated heterocycles. The van der Waals surface area contributed by atoms with Gasteiger partial charge in [0.15, 0.2) is 40.2 Å².